The van der Waals surface area contributed by atoms with Gasteiger partial charge in [-0.2, -0.15) is 0 Å². The number of amides is 1. The minimum absolute atomic E-state index is 0.0356. The number of carbonyl (C=O) groups is 1. The first kappa shape index (κ1) is 10.7. The molecule has 0 aromatic rings. The molecule has 1 amide bonds. The van der Waals surface area contributed by atoms with Crippen molar-refractivity contribution < 1.29 is 9.18 Å². The van der Waals surface area contributed by atoms with Crippen molar-refractivity contribution in [2.75, 3.05) is 20.3 Å². The van der Waals surface area contributed by atoms with Crippen molar-refractivity contribution in [2.24, 2.45) is 0 Å². The third kappa shape index (κ3) is 2.10. The molecule has 0 radical (unpaired) electrons. The highest BCUT2D eigenvalue weighted by Crippen LogP contribution is 2.21. The molecule has 0 aliphatic carbocycles. The average molecular weight is 195 g/mol. The van der Waals surface area contributed by atoms with E-state index < -0.39 is 6.67 Å². The number of rotatable bonds is 4. The normalized spacial score (nSPS) is 17.3. The van der Waals surface area contributed by atoms with Crippen LogP contribution in [-0.4, -0.2) is 31.1 Å². The van der Waals surface area contributed by atoms with E-state index in [9.17, 15) is 9.18 Å². The molecule has 0 atom stereocenters. The average Bonchev–Trinajstić information content (AvgIpc) is 2.42. The molecule has 0 saturated heterocycles. The Bertz CT molecular complexity index is 304. The molecule has 0 unspecified atom stereocenters. The first-order valence-corrected chi connectivity index (χ1v) is 4.51. The summed E-state index contributed by atoms with van der Waals surface area (Å²) in [6, 6.07) is 0. The van der Waals surface area contributed by atoms with Crippen molar-refractivity contribution in [3.8, 4) is 0 Å². The van der Waals surface area contributed by atoms with E-state index in [0.29, 0.717) is 18.5 Å². The Kier molecular flexibility index (Phi) is 3.63. The molecule has 14 heavy (non-hydrogen) atoms. The summed E-state index contributed by atoms with van der Waals surface area (Å²) in [6.07, 6.45) is 5.35. The SMILES string of the molecule is C=CCC1=C(/C=C\CF)C(=O)N(C)C1. The second kappa shape index (κ2) is 4.74. The summed E-state index contributed by atoms with van der Waals surface area (Å²) in [4.78, 5) is 13.2. The van der Waals surface area contributed by atoms with Gasteiger partial charge in [-0.1, -0.05) is 18.2 Å². The van der Waals surface area contributed by atoms with E-state index in [1.807, 2.05) is 0 Å². The van der Waals surface area contributed by atoms with Crippen molar-refractivity contribution >= 4 is 5.91 Å². The molecule has 1 aliphatic rings. The molecule has 0 fully saturated rings. The lowest BCUT2D eigenvalue weighted by Gasteiger charge is -2.06. The predicted octanol–water partition coefficient (Wildman–Crippen LogP) is 1.86. The summed E-state index contributed by atoms with van der Waals surface area (Å²) in [5.74, 6) is -0.0356. The summed E-state index contributed by atoms with van der Waals surface area (Å²) >= 11 is 0. The van der Waals surface area contributed by atoms with Crippen LogP contribution in [0.3, 0.4) is 0 Å². The zero-order valence-electron chi connectivity index (χ0n) is 8.29. The molecule has 3 heteroatoms. The van der Waals surface area contributed by atoms with Gasteiger partial charge in [-0.3, -0.25) is 4.79 Å². The summed E-state index contributed by atoms with van der Waals surface area (Å²) in [5.41, 5.74) is 1.63. The van der Waals surface area contributed by atoms with Gasteiger partial charge in [0.1, 0.15) is 6.67 Å². The zero-order chi connectivity index (χ0) is 10.6. The lowest BCUT2D eigenvalue weighted by molar-refractivity contribution is -0.124. The van der Waals surface area contributed by atoms with Crippen molar-refractivity contribution in [1.29, 1.82) is 0 Å². The van der Waals surface area contributed by atoms with Crippen LogP contribution in [-0.2, 0) is 4.79 Å². The molecule has 1 aliphatic heterocycles. The van der Waals surface area contributed by atoms with E-state index in [4.69, 9.17) is 0 Å². The Morgan fingerprint density at radius 2 is 2.36 bits per heavy atom. The van der Waals surface area contributed by atoms with Gasteiger partial charge in [0.2, 0.25) is 0 Å². The fourth-order valence-electron chi connectivity index (χ4n) is 1.50. The number of likely N-dealkylation sites (N-methyl/N-ethyl adjacent to an activating group) is 1. The van der Waals surface area contributed by atoms with Crippen molar-refractivity contribution in [3.63, 3.8) is 0 Å². The van der Waals surface area contributed by atoms with Crippen LogP contribution in [0.1, 0.15) is 6.42 Å². The molecule has 2 nitrogen and oxygen atoms in total. The highest BCUT2D eigenvalue weighted by atomic mass is 19.1. The van der Waals surface area contributed by atoms with Crippen LogP contribution >= 0.6 is 0 Å². The van der Waals surface area contributed by atoms with Crippen LogP contribution < -0.4 is 0 Å². The Labute approximate surface area is 83.4 Å². The van der Waals surface area contributed by atoms with E-state index in [1.54, 1.807) is 24.1 Å². The van der Waals surface area contributed by atoms with Gasteiger partial charge in [-0.15, -0.1) is 6.58 Å². The van der Waals surface area contributed by atoms with E-state index in [-0.39, 0.29) is 5.91 Å². The van der Waals surface area contributed by atoms with Gasteiger partial charge in [0, 0.05) is 19.2 Å². The van der Waals surface area contributed by atoms with Gasteiger partial charge in [-0.05, 0) is 12.0 Å². The molecule has 0 N–H and O–H groups in total. The fraction of sp³-hybridized carbons (Fsp3) is 0.364. The van der Waals surface area contributed by atoms with Crippen molar-refractivity contribution in [2.45, 2.75) is 6.42 Å². The van der Waals surface area contributed by atoms with E-state index >= 15 is 0 Å². The minimum Gasteiger partial charge on any atom is -0.338 e. The number of allylic oxidation sites excluding steroid dienone is 2. The quantitative estimate of drug-likeness (QED) is 0.627. The number of hydrogen-bond acceptors (Lipinski definition) is 1. The summed E-state index contributed by atoms with van der Waals surface area (Å²) in [5, 5.41) is 0. The Hall–Kier alpha value is -1.38. The molecule has 0 spiro atoms. The van der Waals surface area contributed by atoms with Crippen LogP contribution in [0.2, 0.25) is 0 Å². The van der Waals surface area contributed by atoms with E-state index in [0.717, 1.165) is 5.57 Å². The van der Waals surface area contributed by atoms with Gasteiger partial charge in [0.15, 0.2) is 0 Å². The molecule has 1 rings (SSSR count). The van der Waals surface area contributed by atoms with Crippen LogP contribution in [0, 0.1) is 0 Å². The zero-order valence-corrected chi connectivity index (χ0v) is 8.29. The Morgan fingerprint density at radius 3 is 2.93 bits per heavy atom. The molecule has 1 heterocycles. The second-order valence-corrected chi connectivity index (χ2v) is 3.23. The standard InChI is InChI=1S/C11H14FNO/c1-3-5-9-8-13(2)11(14)10(9)6-4-7-12/h3-4,6H,1,5,7-8H2,2H3/b6-4-. The van der Waals surface area contributed by atoms with Crippen LogP contribution in [0.15, 0.2) is 36.0 Å². The van der Waals surface area contributed by atoms with Crippen LogP contribution in [0.4, 0.5) is 4.39 Å². The maximum Gasteiger partial charge on any atom is 0.253 e. The Morgan fingerprint density at radius 1 is 1.64 bits per heavy atom. The third-order valence-electron chi connectivity index (χ3n) is 2.15. The van der Waals surface area contributed by atoms with Crippen molar-refractivity contribution in [3.05, 3.63) is 36.0 Å². The summed E-state index contributed by atoms with van der Waals surface area (Å²) < 4.78 is 11.9. The van der Waals surface area contributed by atoms with Crippen molar-refractivity contribution in [1.82, 2.24) is 4.90 Å². The van der Waals surface area contributed by atoms with E-state index in [1.165, 1.54) is 6.08 Å². The molecular formula is C11H14FNO. The topological polar surface area (TPSA) is 20.3 Å². The van der Waals surface area contributed by atoms with Gasteiger partial charge in [0.05, 0.1) is 0 Å². The first-order chi connectivity index (χ1) is 6.70. The number of nitrogens with zero attached hydrogens (tertiary/aromatic N) is 1. The van der Waals surface area contributed by atoms with Gasteiger partial charge < -0.3 is 4.90 Å². The van der Waals surface area contributed by atoms with Gasteiger partial charge in [0.25, 0.3) is 5.91 Å². The third-order valence-corrected chi connectivity index (χ3v) is 2.15. The number of carbonyl (C=O) groups excluding carboxylic acids is 1. The number of alkyl halides is 1. The first-order valence-electron chi connectivity index (χ1n) is 4.51. The minimum atomic E-state index is -0.540. The maximum absolute atomic E-state index is 11.9. The smallest absolute Gasteiger partial charge is 0.253 e. The van der Waals surface area contributed by atoms with Gasteiger partial charge >= 0.3 is 0 Å². The molecule has 0 bridgehead atoms. The summed E-state index contributed by atoms with van der Waals surface area (Å²) in [7, 11) is 1.74. The molecular weight excluding hydrogens is 181 g/mol. The van der Waals surface area contributed by atoms with Crippen LogP contribution in [0.25, 0.3) is 0 Å². The predicted molar refractivity (Wildman–Crippen MR) is 54.6 cm³/mol. The molecule has 0 aromatic carbocycles. The fourth-order valence-corrected chi connectivity index (χ4v) is 1.50. The maximum atomic E-state index is 11.9. The summed E-state index contributed by atoms with van der Waals surface area (Å²) in [6.45, 7) is 3.71. The Balaban J connectivity index is 2.90. The monoisotopic (exact) mass is 195 g/mol. The van der Waals surface area contributed by atoms with Crippen LogP contribution in [0.5, 0.6) is 0 Å². The largest absolute Gasteiger partial charge is 0.338 e. The number of hydrogen-bond donors (Lipinski definition) is 0. The highest BCUT2D eigenvalue weighted by Gasteiger charge is 2.24. The lowest BCUT2D eigenvalue weighted by Crippen LogP contribution is -2.21. The molecule has 0 saturated carbocycles. The second-order valence-electron chi connectivity index (χ2n) is 3.23. The van der Waals surface area contributed by atoms with Gasteiger partial charge in [-0.25, -0.2) is 4.39 Å². The number of halogens is 1. The molecule has 0 aromatic heterocycles. The lowest BCUT2D eigenvalue weighted by atomic mass is 10.1. The van der Waals surface area contributed by atoms with E-state index in [2.05, 4.69) is 6.58 Å². The molecule has 76 valence electrons. The highest BCUT2D eigenvalue weighted by molar-refractivity contribution is 5.99.